The van der Waals surface area contributed by atoms with E-state index in [1.807, 2.05) is 0 Å². The van der Waals surface area contributed by atoms with E-state index in [0.29, 0.717) is 17.9 Å². The molecule has 3 aromatic heterocycles. The van der Waals surface area contributed by atoms with E-state index in [0.717, 1.165) is 6.07 Å². The highest BCUT2D eigenvalue weighted by Crippen LogP contribution is 2.28. The Bertz CT molecular complexity index is 1100. The van der Waals surface area contributed by atoms with Crippen LogP contribution in [0.25, 0.3) is 0 Å². The van der Waals surface area contributed by atoms with E-state index >= 15 is 0 Å². The summed E-state index contributed by atoms with van der Waals surface area (Å²) in [6, 6.07) is 3.96. The second-order valence-electron chi connectivity index (χ2n) is 6.52. The van der Waals surface area contributed by atoms with E-state index in [1.54, 1.807) is 6.07 Å². The molecule has 1 N–H and O–H groups in total. The molecule has 10 nitrogen and oxygen atoms in total. The molecule has 0 aromatic carbocycles. The minimum absolute atomic E-state index is 0.0327. The molecule has 0 saturated carbocycles. The molecule has 0 radical (unpaired) electrons. The molecule has 0 fully saturated rings. The molecule has 31 heavy (non-hydrogen) atoms. The number of carbonyl (C=O) groups excluding carboxylic acids is 1. The number of alkyl halides is 3. The zero-order valence-electron chi connectivity index (χ0n) is 16.0. The van der Waals surface area contributed by atoms with Crippen LogP contribution in [-0.2, 0) is 19.3 Å². The van der Waals surface area contributed by atoms with Gasteiger partial charge in [0.05, 0.1) is 11.3 Å². The van der Waals surface area contributed by atoms with Crippen molar-refractivity contribution in [2.24, 2.45) is 0 Å². The van der Waals surface area contributed by atoms with E-state index in [1.165, 1.54) is 28.6 Å². The van der Waals surface area contributed by atoms with E-state index in [4.69, 9.17) is 4.42 Å². The lowest BCUT2D eigenvalue weighted by atomic mass is 10.3. The molecule has 3 rings (SSSR count). The number of rotatable bonds is 8. The average molecular weight is 505 g/mol. The summed E-state index contributed by atoms with van der Waals surface area (Å²) in [6.45, 7) is 2.02. The summed E-state index contributed by atoms with van der Waals surface area (Å²) in [4.78, 5) is 22.4. The Hall–Kier alpha value is -3.16. The first-order chi connectivity index (χ1) is 14.5. The average Bonchev–Trinajstić information content (AvgIpc) is 3.38. The molecule has 0 aliphatic carbocycles. The molecule has 0 spiro atoms. The van der Waals surface area contributed by atoms with Gasteiger partial charge in [-0.3, -0.25) is 9.48 Å². The van der Waals surface area contributed by atoms with Crippen LogP contribution in [-0.4, -0.2) is 36.9 Å². The van der Waals surface area contributed by atoms with Gasteiger partial charge in [0, 0.05) is 18.8 Å². The minimum atomic E-state index is -4.50. The Balaban J connectivity index is 1.50. The van der Waals surface area contributed by atoms with Crippen molar-refractivity contribution in [2.45, 2.75) is 32.6 Å². The van der Waals surface area contributed by atoms with Crippen molar-refractivity contribution in [3.63, 3.8) is 0 Å². The summed E-state index contributed by atoms with van der Waals surface area (Å²) in [5.41, 5.74) is -0.577. The van der Waals surface area contributed by atoms with E-state index in [-0.39, 0.29) is 35.7 Å². The molecule has 3 aromatic rings. The number of nitrogens with zero attached hydrogens (tertiary/aromatic N) is 5. The Morgan fingerprint density at radius 2 is 2.10 bits per heavy atom. The monoisotopic (exact) mass is 504 g/mol. The molecule has 14 heteroatoms. The van der Waals surface area contributed by atoms with Gasteiger partial charge in [-0.05, 0) is 52.4 Å². The minimum Gasteiger partial charge on any atom is -0.454 e. The summed E-state index contributed by atoms with van der Waals surface area (Å²) in [5, 5.41) is 20.8. The van der Waals surface area contributed by atoms with Gasteiger partial charge >= 0.3 is 12.0 Å². The largest absolute Gasteiger partial charge is 0.454 e. The number of nitrogens with one attached hydrogen (secondary N) is 1. The van der Waals surface area contributed by atoms with Crippen LogP contribution in [0.2, 0.25) is 0 Å². The first-order valence-electron chi connectivity index (χ1n) is 8.90. The van der Waals surface area contributed by atoms with Gasteiger partial charge in [-0.15, -0.1) is 0 Å². The summed E-state index contributed by atoms with van der Waals surface area (Å²) < 4.78 is 46.2. The fourth-order valence-electron chi connectivity index (χ4n) is 2.73. The topological polar surface area (TPSA) is 121 Å². The maximum Gasteiger partial charge on any atom is 0.435 e. The maximum atomic E-state index is 12.7. The lowest BCUT2D eigenvalue weighted by molar-refractivity contribution is -0.390. The molecule has 0 aliphatic rings. The number of carbonyl (C=O) groups is 1. The molecule has 0 atom stereocenters. The van der Waals surface area contributed by atoms with Crippen LogP contribution in [0.3, 0.4) is 0 Å². The second kappa shape index (κ2) is 8.91. The molecule has 0 aliphatic heterocycles. The molecular weight excluding hydrogens is 489 g/mol. The highest BCUT2D eigenvalue weighted by molar-refractivity contribution is 9.10. The molecule has 0 saturated heterocycles. The van der Waals surface area contributed by atoms with Crippen LogP contribution in [0.15, 0.2) is 33.3 Å². The lowest BCUT2D eigenvalue weighted by Crippen LogP contribution is -2.25. The molecule has 1 amide bonds. The summed E-state index contributed by atoms with van der Waals surface area (Å²) in [7, 11) is 0. The van der Waals surface area contributed by atoms with Crippen molar-refractivity contribution in [3.8, 4) is 0 Å². The maximum absolute atomic E-state index is 12.7. The van der Waals surface area contributed by atoms with Crippen molar-refractivity contribution in [1.29, 1.82) is 0 Å². The van der Waals surface area contributed by atoms with Crippen LogP contribution in [0.5, 0.6) is 0 Å². The van der Waals surface area contributed by atoms with Gasteiger partial charge < -0.3 is 19.8 Å². The van der Waals surface area contributed by atoms with Crippen LogP contribution in [0.1, 0.15) is 34.1 Å². The number of nitro groups is 1. The third-order valence-corrected chi connectivity index (χ3v) is 4.74. The lowest BCUT2D eigenvalue weighted by Gasteiger charge is -2.06. The Morgan fingerprint density at radius 1 is 1.35 bits per heavy atom. The van der Waals surface area contributed by atoms with Crippen LogP contribution in [0.4, 0.5) is 19.0 Å². The highest BCUT2D eigenvalue weighted by Gasteiger charge is 2.34. The quantitative estimate of drug-likeness (QED) is 0.284. The van der Waals surface area contributed by atoms with Crippen molar-refractivity contribution in [3.05, 3.63) is 61.9 Å². The predicted molar refractivity (Wildman–Crippen MR) is 103 cm³/mol. The van der Waals surface area contributed by atoms with Gasteiger partial charge in [0.2, 0.25) is 0 Å². The number of furan rings is 1. The number of hydrogen-bond donors (Lipinski definition) is 1. The Labute approximate surface area is 181 Å². The Morgan fingerprint density at radius 3 is 2.71 bits per heavy atom. The number of amides is 1. The van der Waals surface area contributed by atoms with Crippen molar-refractivity contribution in [2.75, 3.05) is 6.54 Å². The zero-order chi connectivity index (χ0) is 22.8. The van der Waals surface area contributed by atoms with Crippen LogP contribution < -0.4 is 5.32 Å². The predicted octanol–water partition coefficient (Wildman–Crippen LogP) is 3.54. The van der Waals surface area contributed by atoms with E-state index < -0.39 is 22.7 Å². The smallest absolute Gasteiger partial charge is 0.435 e. The third-order valence-electron chi connectivity index (χ3n) is 4.18. The molecule has 0 bridgehead atoms. The molecular formula is C17H16BrF3N6O4. The summed E-state index contributed by atoms with van der Waals surface area (Å²) in [5.74, 6) is -0.432. The van der Waals surface area contributed by atoms with Gasteiger partial charge in [0.15, 0.2) is 11.5 Å². The molecule has 3 heterocycles. The van der Waals surface area contributed by atoms with Gasteiger partial charge in [0.25, 0.3) is 5.91 Å². The molecule has 0 unspecified atom stereocenters. The number of aromatic nitrogens is 4. The summed E-state index contributed by atoms with van der Waals surface area (Å²) in [6.07, 6.45) is -2.72. The third kappa shape index (κ3) is 5.51. The van der Waals surface area contributed by atoms with Gasteiger partial charge in [0.1, 0.15) is 16.8 Å². The van der Waals surface area contributed by atoms with Crippen molar-refractivity contribution >= 4 is 27.7 Å². The van der Waals surface area contributed by atoms with Crippen molar-refractivity contribution < 1.29 is 27.3 Å². The number of aryl methyl sites for hydroxylation is 2. The number of hydrogen-bond acceptors (Lipinski definition) is 6. The van der Waals surface area contributed by atoms with Crippen molar-refractivity contribution in [1.82, 2.24) is 24.9 Å². The van der Waals surface area contributed by atoms with Gasteiger partial charge in [-0.1, -0.05) is 0 Å². The second-order valence-corrected chi connectivity index (χ2v) is 7.38. The standard InChI is InChI=1S/C17H16BrF3N6O4/c1-10-7-14(17(19,20)21)23-26(10)6-2-5-22-16(28)13-4-3-11(31-13)8-25-9-12(18)15(24-25)27(29)30/h3-4,7,9H,2,5-6,8H2,1H3,(H,22,28). The first-order valence-corrected chi connectivity index (χ1v) is 9.70. The van der Waals surface area contributed by atoms with E-state index in [9.17, 15) is 28.1 Å². The van der Waals surface area contributed by atoms with Crippen LogP contribution in [0, 0.1) is 17.0 Å². The normalized spacial score (nSPS) is 11.6. The number of halogens is 4. The van der Waals surface area contributed by atoms with E-state index in [2.05, 4.69) is 31.4 Å². The molecule has 166 valence electrons. The fourth-order valence-corrected chi connectivity index (χ4v) is 3.19. The Kier molecular flexibility index (Phi) is 6.48. The SMILES string of the molecule is Cc1cc(C(F)(F)F)nn1CCCNC(=O)c1ccc(Cn2cc(Br)c([N+](=O)[O-])n2)o1. The summed E-state index contributed by atoms with van der Waals surface area (Å²) >= 11 is 3.05. The first kappa shape index (κ1) is 22.5. The zero-order valence-corrected chi connectivity index (χ0v) is 17.6. The van der Waals surface area contributed by atoms with Gasteiger partial charge in [-0.25, -0.2) is 0 Å². The van der Waals surface area contributed by atoms with Gasteiger partial charge in [-0.2, -0.15) is 23.0 Å². The highest BCUT2D eigenvalue weighted by atomic mass is 79.9. The fraction of sp³-hybridized carbons (Fsp3) is 0.353. The van der Waals surface area contributed by atoms with Crippen LogP contribution >= 0.6 is 15.9 Å².